The quantitative estimate of drug-likeness (QED) is 0.883. The SMILES string of the molecule is CCNCC1CCCN(C)C1c1cccc(OC)c1. The van der Waals surface area contributed by atoms with E-state index in [-0.39, 0.29) is 0 Å². The van der Waals surface area contributed by atoms with E-state index in [2.05, 4.69) is 42.4 Å². The number of likely N-dealkylation sites (tertiary alicyclic amines) is 1. The summed E-state index contributed by atoms with van der Waals surface area (Å²) in [6.07, 6.45) is 2.60. The second kappa shape index (κ2) is 6.92. The monoisotopic (exact) mass is 262 g/mol. The molecule has 0 aliphatic carbocycles. The summed E-state index contributed by atoms with van der Waals surface area (Å²) in [5.74, 6) is 1.64. The molecule has 1 fully saturated rings. The Labute approximate surface area is 116 Å². The van der Waals surface area contributed by atoms with E-state index in [0.717, 1.165) is 18.8 Å². The molecule has 3 nitrogen and oxygen atoms in total. The van der Waals surface area contributed by atoms with Gasteiger partial charge in [0.2, 0.25) is 0 Å². The predicted octanol–water partition coefficient (Wildman–Crippen LogP) is 2.69. The molecule has 0 radical (unpaired) electrons. The molecule has 2 atom stereocenters. The van der Waals surface area contributed by atoms with E-state index in [1.54, 1.807) is 7.11 Å². The molecule has 1 aliphatic heterocycles. The molecule has 19 heavy (non-hydrogen) atoms. The largest absolute Gasteiger partial charge is 0.497 e. The van der Waals surface area contributed by atoms with Crippen molar-refractivity contribution in [3.8, 4) is 5.75 Å². The highest BCUT2D eigenvalue weighted by Crippen LogP contribution is 2.35. The van der Waals surface area contributed by atoms with Gasteiger partial charge < -0.3 is 10.1 Å². The van der Waals surface area contributed by atoms with Crippen LogP contribution < -0.4 is 10.1 Å². The highest BCUT2D eigenvalue weighted by Gasteiger charge is 2.30. The molecule has 1 heterocycles. The third kappa shape index (κ3) is 3.48. The van der Waals surface area contributed by atoms with Crippen molar-refractivity contribution in [1.82, 2.24) is 10.2 Å². The number of benzene rings is 1. The van der Waals surface area contributed by atoms with E-state index in [1.165, 1.54) is 24.9 Å². The van der Waals surface area contributed by atoms with Gasteiger partial charge in [-0.2, -0.15) is 0 Å². The first-order valence-corrected chi connectivity index (χ1v) is 7.31. The van der Waals surface area contributed by atoms with Gasteiger partial charge in [-0.15, -0.1) is 0 Å². The second-order valence-electron chi connectivity index (χ2n) is 5.41. The topological polar surface area (TPSA) is 24.5 Å². The standard InChI is InChI=1S/C16H26N2O/c1-4-17-12-14-8-6-10-18(2)16(14)13-7-5-9-15(11-13)19-3/h5,7,9,11,14,16-17H,4,6,8,10,12H2,1-3H3. The van der Waals surface area contributed by atoms with Crippen LogP contribution in [0.3, 0.4) is 0 Å². The molecule has 0 saturated carbocycles. The van der Waals surface area contributed by atoms with E-state index in [9.17, 15) is 0 Å². The summed E-state index contributed by atoms with van der Waals surface area (Å²) in [5, 5.41) is 3.51. The first-order chi connectivity index (χ1) is 9.26. The van der Waals surface area contributed by atoms with Gasteiger partial charge in [0.15, 0.2) is 0 Å². The zero-order chi connectivity index (χ0) is 13.7. The summed E-state index contributed by atoms with van der Waals surface area (Å²) in [6.45, 7) is 5.51. The molecule has 0 bridgehead atoms. The third-order valence-electron chi connectivity index (χ3n) is 4.10. The Morgan fingerprint density at radius 3 is 3.00 bits per heavy atom. The number of piperidine rings is 1. The van der Waals surface area contributed by atoms with Gasteiger partial charge in [0.25, 0.3) is 0 Å². The fraction of sp³-hybridized carbons (Fsp3) is 0.625. The van der Waals surface area contributed by atoms with Crippen LogP contribution in [0, 0.1) is 5.92 Å². The fourth-order valence-corrected chi connectivity index (χ4v) is 3.16. The van der Waals surface area contributed by atoms with Gasteiger partial charge >= 0.3 is 0 Å². The van der Waals surface area contributed by atoms with Crippen molar-refractivity contribution < 1.29 is 4.74 Å². The first-order valence-electron chi connectivity index (χ1n) is 7.31. The average Bonchev–Trinajstić information content (AvgIpc) is 2.45. The summed E-state index contributed by atoms with van der Waals surface area (Å²) in [4.78, 5) is 2.49. The lowest BCUT2D eigenvalue weighted by atomic mass is 9.85. The lowest BCUT2D eigenvalue weighted by Crippen LogP contribution is -2.40. The van der Waals surface area contributed by atoms with Crippen molar-refractivity contribution in [3.05, 3.63) is 29.8 Å². The van der Waals surface area contributed by atoms with Crippen LogP contribution in [-0.4, -0.2) is 38.7 Å². The molecule has 106 valence electrons. The number of hydrogen-bond donors (Lipinski definition) is 1. The summed E-state index contributed by atoms with van der Waals surface area (Å²) in [6, 6.07) is 9.04. The maximum Gasteiger partial charge on any atom is 0.119 e. The van der Waals surface area contributed by atoms with Crippen LogP contribution in [0.15, 0.2) is 24.3 Å². The number of rotatable bonds is 5. The van der Waals surface area contributed by atoms with Gasteiger partial charge in [-0.1, -0.05) is 19.1 Å². The Morgan fingerprint density at radius 2 is 2.26 bits per heavy atom. The van der Waals surface area contributed by atoms with Crippen molar-refractivity contribution in [1.29, 1.82) is 0 Å². The number of nitrogens with zero attached hydrogens (tertiary/aromatic N) is 1. The van der Waals surface area contributed by atoms with Crippen LogP contribution in [-0.2, 0) is 0 Å². The summed E-state index contributed by atoms with van der Waals surface area (Å²) in [5.41, 5.74) is 1.38. The van der Waals surface area contributed by atoms with E-state index >= 15 is 0 Å². The maximum atomic E-state index is 5.36. The molecule has 2 unspecified atom stereocenters. The van der Waals surface area contributed by atoms with E-state index in [0.29, 0.717) is 12.0 Å². The van der Waals surface area contributed by atoms with Crippen LogP contribution >= 0.6 is 0 Å². The van der Waals surface area contributed by atoms with Crippen molar-refractivity contribution in [3.63, 3.8) is 0 Å². The smallest absolute Gasteiger partial charge is 0.119 e. The van der Waals surface area contributed by atoms with Gasteiger partial charge in [-0.05, 0) is 63.1 Å². The Morgan fingerprint density at radius 1 is 1.42 bits per heavy atom. The van der Waals surface area contributed by atoms with E-state index < -0.39 is 0 Å². The Kier molecular flexibility index (Phi) is 5.23. The molecule has 1 aromatic carbocycles. The highest BCUT2D eigenvalue weighted by molar-refractivity contribution is 5.31. The van der Waals surface area contributed by atoms with Gasteiger partial charge in [-0.3, -0.25) is 4.90 Å². The van der Waals surface area contributed by atoms with Crippen molar-refractivity contribution >= 4 is 0 Å². The van der Waals surface area contributed by atoms with E-state index in [1.807, 2.05) is 6.07 Å². The first kappa shape index (κ1) is 14.4. The third-order valence-corrected chi connectivity index (χ3v) is 4.10. The molecule has 1 aliphatic rings. The molecule has 2 rings (SSSR count). The Hall–Kier alpha value is -1.06. The zero-order valence-corrected chi connectivity index (χ0v) is 12.4. The molecular formula is C16H26N2O. The van der Waals surface area contributed by atoms with E-state index in [4.69, 9.17) is 4.74 Å². The van der Waals surface area contributed by atoms with Gasteiger partial charge in [-0.25, -0.2) is 0 Å². The lowest BCUT2D eigenvalue weighted by Gasteiger charge is -2.39. The highest BCUT2D eigenvalue weighted by atomic mass is 16.5. The van der Waals surface area contributed by atoms with Crippen LogP contribution in [0.5, 0.6) is 5.75 Å². The van der Waals surface area contributed by atoms with Gasteiger partial charge in [0.1, 0.15) is 5.75 Å². The van der Waals surface area contributed by atoms with Crippen LogP contribution in [0.1, 0.15) is 31.4 Å². The minimum Gasteiger partial charge on any atom is -0.497 e. The number of ether oxygens (including phenoxy) is 1. The Bertz CT molecular complexity index is 394. The van der Waals surface area contributed by atoms with Crippen LogP contribution in [0.4, 0.5) is 0 Å². The van der Waals surface area contributed by atoms with Crippen LogP contribution in [0.25, 0.3) is 0 Å². The minimum absolute atomic E-state index is 0.503. The Balaban J connectivity index is 2.19. The molecule has 0 spiro atoms. The minimum atomic E-state index is 0.503. The van der Waals surface area contributed by atoms with Gasteiger partial charge in [0, 0.05) is 6.04 Å². The maximum absolute atomic E-state index is 5.36. The fourth-order valence-electron chi connectivity index (χ4n) is 3.16. The van der Waals surface area contributed by atoms with Crippen molar-refractivity contribution in [2.24, 2.45) is 5.92 Å². The molecule has 1 saturated heterocycles. The molecular weight excluding hydrogens is 236 g/mol. The van der Waals surface area contributed by atoms with Gasteiger partial charge in [0.05, 0.1) is 7.11 Å². The molecule has 1 N–H and O–H groups in total. The average molecular weight is 262 g/mol. The second-order valence-corrected chi connectivity index (χ2v) is 5.41. The lowest BCUT2D eigenvalue weighted by molar-refractivity contribution is 0.119. The molecule has 3 heteroatoms. The number of nitrogens with one attached hydrogen (secondary N) is 1. The van der Waals surface area contributed by atoms with Crippen LogP contribution in [0.2, 0.25) is 0 Å². The molecule has 0 amide bonds. The number of methoxy groups -OCH3 is 1. The van der Waals surface area contributed by atoms with Crippen molar-refractivity contribution in [2.45, 2.75) is 25.8 Å². The normalized spacial score (nSPS) is 24.4. The zero-order valence-electron chi connectivity index (χ0n) is 12.4. The number of hydrogen-bond acceptors (Lipinski definition) is 3. The van der Waals surface area contributed by atoms with Crippen molar-refractivity contribution in [2.75, 3.05) is 33.8 Å². The predicted molar refractivity (Wildman–Crippen MR) is 79.6 cm³/mol. The summed E-state index contributed by atoms with van der Waals surface area (Å²) >= 11 is 0. The molecule has 1 aromatic rings. The summed E-state index contributed by atoms with van der Waals surface area (Å²) < 4.78 is 5.36. The molecule has 0 aromatic heterocycles. The summed E-state index contributed by atoms with van der Waals surface area (Å²) in [7, 11) is 3.97.